The fraction of sp³-hybridized carbons (Fsp3) is 0.400. The molecule has 1 atom stereocenters. The lowest BCUT2D eigenvalue weighted by atomic mass is 10.3. The van der Waals surface area contributed by atoms with Gasteiger partial charge in [0.25, 0.3) is 0 Å². The molecule has 1 unspecified atom stereocenters. The first kappa shape index (κ1) is 11.3. The van der Waals surface area contributed by atoms with Crippen LogP contribution in [0.1, 0.15) is 24.7 Å². The molecule has 0 spiro atoms. The molecule has 7 nitrogen and oxygen atoms in total. The summed E-state index contributed by atoms with van der Waals surface area (Å²) in [6.07, 6.45) is 3.37. The molecule has 1 amide bonds. The van der Waals surface area contributed by atoms with Crippen LogP contribution in [0.2, 0.25) is 0 Å². The number of carbonyl (C=O) groups is 1. The van der Waals surface area contributed by atoms with Gasteiger partial charge in [-0.3, -0.25) is 9.48 Å². The molecule has 0 saturated carbocycles. The summed E-state index contributed by atoms with van der Waals surface area (Å²) in [6, 6.07) is 1.40. The summed E-state index contributed by atoms with van der Waals surface area (Å²) in [5, 5.41) is 10.3. The molecule has 0 aliphatic carbocycles. The summed E-state index contributed by atoms with van der Waals surface area (Å²) in [6.45, 7) is 3.72. The quantitative estimate of drug-likeness (QED) is 0.831. The molecule has 7 heteroatoms. The number of hydrogen-bond donors (Lipinski definition) is 1. The maximum atomic E-state index is 11.8. The summed E-state index contributed by atoms with van der Waals surface area (Å²) in [5.41, 5.74) is 0. The first-order valence-corrected chi connectivity index (χ1v) is 5.23. The molecule has 2 heterocycles. The molecule has 0 fully saturated rings. The van der Waals surface area contributed by atoms with Gasteiger partial charge in [0, 0.05) is 12.4 Å². The van der Waals surface area contributed by atoms with Gasteiger partial charge in [-0.05, 0) is 19.9 Å². The highest BCUT2D eigenvalue weighted by Crippen LogP contribution is 2.03. The van der Waals surface area contributed by atoms with Gasteiger partial charge in [0.1, 0.15) is 6.04 Å². The van der Waals surface area contributed by atoms with Crippen molar-refractivity contribution < 1.29 is 9.32 Å². The third kappa shape index (κ3) is 2.68. The summed E-state index contributed by atoms with van der Waals surface area (Å²) < 4.78 is 6.46. The second-order valence-electron chi connectivity index (χ2n) is 3.62. The summed E-state index contributed by atoms with van der Waals surface area (Å²) in [4.78, 5) is 15.7. The molecular formula is C10H13N5O2. The highest BCUT2D eigenvalue weighted by molar-refractivity contribution is 5.79. The Kier molecular flexibility index (Phi) is 3.17. The predicted octanol–water partition coefficient (Wildman–Crippen LogP) is 0.452. The van der Waals surface area contributed by atoms with E-state index in [1.165, 1.54) is 0 Å². The molecule has 17 heavy (non-hydrogen) atoms. The lowest BCUT2D eigenvalue weighted by Crippen LogP contribution is -2.30. The first-order chi connectivity index (χ1) is 8.16. The third-order valence-electron chi connectivity index (χ3n) is 2.28. The number of nitrogens with one attached hydrogen (secondary N) is 1. The zero-order valence-electron chi connectivity index (χ0n) is 9.62. The SMILES string of the molecule is Cc1noc(CNC(=O)C(C)n2cccn2)n1. The number of carbonyl (C=O) groups excluding carboxylic acids is 1. The highest BCUT2D eigenvalue weighted by atomic mass is 16.5. The Labute approximate surface area is 97.8 Å². The van der Waals surface area contributed by atoms with Crippen LogP contribution in [0.5, 0.6) is 0 Å². The number of hydrogen-bond acceptors (Lipinski definition) is 5. The average molecular weight is 235 g/mol. The van der Waals surface area contributed by atoms with Gasteiger partial charge in [0.15, 0.2) is 5.82 Å². The van der Waals surface area contributed by atoms with Crippen molar-refractivity contribution in [3.05, 3.63) is 30.2 Å². The van der Waals surface area contributed by atoms with E-state index in [2.05, 4.69) is 20.6 Å². The van der Waals surface area contributed by atoms with Crippen LogP contribution < -0.4 is 5.32 Å². The van der Waals surface area contributed by atoms with Crippen LogP contribution >= 0.6 is 0 Å². The van der Waals surface area contributed by atoms with Gasteiger partial charge in [-0.15, -0.1) is 0 Å². The minimum atomic E-state index is -0.367. The number of rotatable bonds is 4. The Balaban J connectivity index is 1.89. The van der Waals surface area contributed by atoms with Crippen LogP contribution in [-0.4, -0.2) is 25.8 Å². The van der Waals surface area contributed by atoms with E-state index in [1.807, 2.05) is 0 Å². The van der Waals surface area contributed by atoms with E-state index in [0.29, 0.717) is 11.7 Å². The van der Waals surface area contributed by atoms with Gasteiger partial charge in [0.2, 0.25) is 11.8 Å². The standard InChI is InChI=1S/C10H13N5O2/c1-7(15-5-3-4-12-15)10(16)11-6-9-13-8(2)14-17-9/h3-5,7H,6H2,1-2H3,(H,11,16). The Morgan fingerprint density at radius 2 is 2.47 bits per heavy atom. The second kappa shape index (κ2) is 4.77. The van der Waals surface area contributed by atoms with Crippen molar-refractivity contribution in [2.24, 2.45) is 0 Å². The van der Waals surface area contributed by atoms with Crippen LogP contribution in [0, 0.1) is 6.92 Å². The molecule has 0 aliphatic rings. The second-order valence-corrected chi connectivity index (χ2v) is 3.62. The normalized spacial score (nSPS) is 12.4. The lowest BCUT2D eigenvalue weighted by Gasteiger charge is -2.11. The van der Waals surface area contributed by atoms with Crippen LogP contribution in [-0.2, 0) is 11.3 Å². The molecule has 0 radical (unpaired) electrons. The maximum absolute atomic E-state index is 11.8. The minimum absolute atomic E-state index is 0.149. The van der Waals surface area contributed by atoms with Crippen molar-refractivity contribution in [3.8, 4) is 0 Å². The van der Waals surface area contributed by atoms with Crippen molar-refractivity contribution in [1.82, 2.24) is 25.2 Å². The van der Waals surface area contributed by atoms with Crippen LogP contribution in [0.15, 0.2) is 23.0 Å². The van der Waals surface area contributed by atoms with Crippen molar-refractivity contribution >= 4 is 5.91 Å². The van der Waals surface area contributed by atoms with Gasteiger partial charge >= 0.3 is 0 Å². The average Bonchev–Trinajstić information content (AvgIpc) is 2.95. The number of amides is 1. The predicted molar refractivity (Wildman–Crippen MR) is 57.8 cm³/mol. The summed E-state index contributed by atoms with van der Waals surface area (Å²) in [5.74, 6) is 0.794. The van der Waals surface area contributed by atoms with Crippen molar-refractivity contribution in [2.75, 3.05) is 0 Å². The van der Waals surface area contributed by atoms with Gasteiger partial charge in [0.05, 0.1) is 6.54 Å². The summed E-state index contributed by atoms with van der Waals surface area (Å²) in [7, 11) is 0. The van der Waals surface area contributed by atoms with E-state index in [-0.39, 0.29) is 18.5 Å². The fourth-order valence-corrected chi connectivity index (χ4v) is 1.35. The molecular weight excluding hydrogens is 222 g/mol. The Morgan fingerprint density at radius 1 is 1.65 bits per heavy atom. The van der Waals surface area contributed by atoms with Gasteiger partial charge < -0.3 is 9.84 Å². The van der Waals surface area contributed by atoms with Crippen LogP contribution in [0.25, 0.3) is 0 Å². The van der Waals surface area contributed by atoms with E-state index in [4.69, 9.17) is 4.52 Å². The number of aryl methyl sites for hydroxylation is 1. The van der Waals surface area contributed by atoms with Gasteiger partial charge in [-0.2, -0.15) is 10.1 Å². The molecule has 0 aromatic carbocycles. The van der Waals surface area contributed by atoms with E-state index in [1.54, 1.807) is 37.0 Å². The minimum Gasteiger partial charge on any atom is -0.345 e. The summed E-state index contributed by atoms with van der Waals surface area (Å²) >= 11 is 0. The van der Waals surface area contributed by atoms with E-state index in [0.717, 1.165) is 0 Å². The van der Waals surface area contributed by atoms with Crippen LogP contribution in [0.3, 0.4) is 0 Å². The van der Waals surface area contributed by atoms with Gasteiger partial charge in [-0.25, -0.2) is 0 Å². The largest absolute Gasteiger partial charge is 0.345 e. The molecule has 2 rings (SSSR count). The smallest absolute Gasteiger partial charge is 0.246 e. The molecule has 90 valence electrons. The Hall–Kier alpha value is -2.18. The topological polar surface area (TPSA) is 85.8 Å². The van der Waals surface area contributed by atoms with Crippen LogP contribution in [0.4, 0.5) is 0 Å². The lowest BCUT2D eigenvalue weighted by molar-refractivity contribution is -0.124. The van der Waals surface area contributed by atoms with Crippen molar-refractivity contribution in [3.63, 3.8) is 0 Å². The molecule has 2 aromatic rings. The molecule has 1 N–H and O–H groups in total. The van der Waals surface area contributed by atoms with Crippen molar-refractivity contribution in [1.29, 1.82) is 0 Å². The van der Waals surface area contributed by atoms with Gasteiger partial charge in [-0.1, -0.05) is 5.16 Å². The molecule has 0 aliphatic heterocycles. The zero-order chi connectivity index (χ0) is 12.3. The number of aromatic nitrogens is 4. The van der Waals surface area contributed by atoms with E-state index < -0.39 is 0 Å². The third-order valence-corrected chi connectivity index (χ3v) is 2.28. The van der Waals surface area contributed by atoms with E-state index in [9.17, 15) is 4.79 Å². The molecule has 0 saturated heterocycles. The zero-order valence-corrected chi connectivity index (χ0v) is 9.62. The Bertz CT molecular complexity index is 491. The van der Waals surface area contributed by atoms with Crippen molar-refractivity contribution in [2.45, 2.75) is 26.4 Å². The van der Waals surface area contributed by atoms with E-state index >= 15 is 0 Å². The highest BCUT2D eigenvalue weighted by Gasteiger charge is 2.15. The number of nitrogens with zero attached hydrogens (tertiary/aromatic N) is 4. The Morgan fingerprint density at radius 3 is 3.06 bits per heavy atom. The first-order valence-electron chi connectivity index (χ1n) is 5.23. The fourth-order valence-electron chi connectivity index (χ4n) is 1.35. The molecule has 0 bridgehead atoms. The molecule has 2 aromatic heterocycles. The monoisotopic (exact) mass is 235 g/mol. The maximum Gasteiger partial charge on any atom is 0.246 e.